The number of nitro groups is 1. The highest BCUT2D eigenvalue weighted by molar-refractivity contribution is 5.90. The van der Waals surface area contributed by atoms with Gasteiger partial charge in [-0.05, 0) is 32.4 Å². The van der Waals surface area contributed by atoms with Crippen LogP contribution >= 0.6 is 0 Å². The number of aromatic nitrogens is 2. The molecule has 0 unspecified atom stereocenters. The zero-order valence-corrected chi connectivity index (χ0v) is 12.9. The highest BCUT2D eigenvalue weighted by atomic mass is 16.6. The average molecular weight is 318 g/mol. The molecule has 0 spiro atoms. The van der Waals surface area contributed by atoms with Gasteiger partial charge in [0.25, 0.3) is 0 Å². The van der Waals surface area contributed by atoms with E-state index in [0.717, 1.165) is 0 Å². The molecule has 122 valence electrons. The Morgan fingerprint density at radius 1 is 1.43 bits per heavy atom. The number of hydrogen-bond acceptors (Lipinski definition) is 5. The van der Waals surface area contributed by atoms with Gasteiger partial charge in [-0.25, -0.2) is 0 Å². The Morgan fingerprint density at radius 3 is 2.78 bits per heavy atom. The van der Waals surface area contributed by atoms with Crippen molar-refractivity contribution in [3.63, 3.8) is 0 Å². The Hall–Kier alpha value is -2.90. The lowest BCUT2D eigenvalue weighted by Crippen LogP contribution is -2.13. The van der Waals surface area contributed by atoms with Crippen molar-refractivity contribution < 1.29 is 14.8 Å². The first kappa shape index (κ1) is 16.5. The minimum Gasteiger partial charge on any atom is -0.508 e. The number of phenols is 1. The number of anilines is 1. The number of nitrogens with zero attached hydrogens (tertiary/aromatic N) is 3. The van der Waals surface area contributed by atoms with E-state index in [1.165, 1.54) is 12.1 Å². The molecule has 0 fully saturated rings. The zero-order chi connectivity index (χ0) is 17.0. The van der Waals surface area contributed by atoms with Crippen LogP contribution in [-0.2, 0) is 11.3 Å². The first-order chi connectivity index (χ1) is 10.9. The van der Waals surface area contributed by atoms with Gasteiger partial charge in [-0.2, -0.15) is 5.10 Å². The standard InChI is InChI=1S/C15H18N4O4/c1-10-15(19(22)23)11(2)18(17-10)8-4-7-14(21)16-12-5-3-6-13(20)9-12/h3,5-6,9,20H,4,7-8H2,1-2H3,(H,16,21). The van der Waals surface area contributed by atoms with Gasteiger partial charge in [-0.1, -0.05) is 6.07 Å². The molecule has 0 aliphatic rings. The smallest absolute Gasteiger partial charge is 0.312 e. The summed E-state index contributed by atoms with van der Waals surface area (Å²) in [4.78, 5) is 22.3. The van der Waals surface area contributed by atoms with Crippen molar-refractivity contribution in [3.8, 4) is 5.75 Å². The number of amides is 1. The molecule has 23 heavy (non-hydrogen) atoms. The van der Waals surface area contributed by atoms with Crippen molar-refractivity contribution in [2.45, 2.75) is 33.2 Å². The Kier molecular flexibility index (Phi) is 4.95. The molecule has 1 aromatic heterocycles. The molecule has 0 atom stereocenters. The summed E-state index contributed by atoms with van der Waals surface area (Å²) in [5.41, 5.74) is 1.41. The number of aryl methyl sites for hydroxylation is 2. The fraction of sp³-hybridized carbons (Fsp3) is 0.333. The van der Waals surface area contributed by atoms with Crippen LogP contribution in [0.2, 0.25) is 0 Å². The van der Waals surface area contributed by atoms with E-state index in [-0.39, 0.29) is 23.8 Å². The van der Waals surface area contributed by atoms with Crippen LogP contribution in [0.15, 0.2) is 24.3 Å². The number of hydrogen-bond donors (Lipinski definition) is 2. The number of carbonyl (C=O) groups excluding carboxylic acids is 1. The number of aromatic hydroxyl groups is 1. The van der Waals surface area contributed by atoms with E-state index >= 15 is 0 Å². The molecule has 0 radical (unpaired) electrons. The van der Waals surface area contributed by atoms with Crippen LogP contribution in [-0.4, -0.2) is 25.7 Å². The molecule has 1 amide bonds. The van der Waals surface area contributed by atoms with E-state index < -0.39 is 4.92 Å². The van der Waals surface area contributed by atoms with Gasteiger partial charge in [0.2, 0.25) is 5.91 Å². The molecule has 0 aliphatic carbocycles. The summed E-state index contributed by atoms with van der Waals surface area (Å²) in [6.45, 7) is 3.66. The van der Waals surface area contributed by atoms with Crippen LogP contribution in [0.1, 0.15) is 24.2 Å². The van der Waals surface area contributed by atoms with Gasteiger partial charge in [0.05, 0.1) is 4.92 Å². The van der Waals surface area contributed by atoms with Crippen molar-refractivity contribution in [2.75, 3.05) is 5.32 Å². The molecule has 2 aromatic rings. The summed E-state index contributed by atoms with van der Waals surface area (Å²) in [5, 5.41) is 27.1. The first-order valence-electron chi connectivity index (χ1n) is 7.15. The van der Waals surface area contributed by atoms with Gasteiger partial charge < -0.3 is 10.4 Å². The van der Waals surface area contributed by atoms with Gasteiger partial charge in [-0.3, -0.25) is 19.6 Å². The van der Waals surface area contributed by atoms with Crippen molar-refractivity contribution in [2.24, 2.45) is 0 Å². The number of nitrogens with one attached hydrogen (secondary N) is 1. The van der Waals surface area contributed by atoms with E-state index in [1.807, 2.05) is 0 Å². The van der Waals surface area contributed by atoms with E-state index in [2.05, 4.69) is 10.4 Å². The third-order valence-electron chi connectivity index (χ3n) is 3.43. The molecule has 1 aromatic carbocycles. The molecular weight excluding hydrogens is 300 g/mol. The van der Waals surface area contributed by atoms with Gasteiger partial charge >= 0.3 is 5.69 Å². The maximum Gasteiger partial charge on any atom is 0.312 e. The molecule has 8 heteroatoms. The molecule has 0 saturated heterocycles. The molecule has 2 N–H and O–H groups in total. The lowest BCUT2D eigenvalue weighted by atomic mass is 10.2. The van der Waals surface area contributed by atoms with Gasteiger partial charge in [0.1, 0.15) is 17.1 Å². The number of rotatable bonds is 6. The molecule has 1 heterocycles. The quantitative estimate of drug-likeness (QED) is 0.628. The van der Waals surface area contributed by atoms with Crippen LogP contribution in [0.3, 0.4) is 0 Å². The Balaban J connectivity index is 1.89. The predicted octanol–water partition coefficient (Wildman–Crippen LogP) is 2.53. The summed E-state index contributed by atoms with van der Waals surface area (Å²) in [6, 6.07) is 6.30. The fourth-order valence-electron chi connectivity index (χ4n) is 2.37. The molecule has 8 nitrogen and oxygen atoms in total. The van der Waals surface area contributed by atoms with Crippen LogP contribution in [0, 0.1) is 24.0 Å². The monoisotopic (exact) mass is 318 g/mol. The minimum atomic E-state index is -0.442. The Bertz CT molecular complexity index is 739. The second-order valence-corrected chi connectivity index (χ2v) is 5.20. The van der Waals surface area contributed by atoms with E-state index in [1.54, 1.807) is 30.7 Å². The second kappa shape index (κ2) is 6.91. The third kappa shape index (κ3) is 4.06. The van der Waals surface area contributed by atoms with Gasteiger partial charge in [0, 0.05) is 24.7 Å². The van der Waals surface area contributed by atoms with Crippen molar-refractivity contribution in [1.29, 1.82) is 0 Å². The number of benzene rings is 1. The molecular formula is C15H18N4O4. The number of phenolic OH excluding ortho intramolecular Hbond substituents is 1. The zero-order valence-electron chi connectivity index (χ0n) is 12.9. The Labute approximate surface area is 132 Å². The van der Waals surface area contributed by atoms with E-state index in [9.17, 15) is 20.0 Å². The second-order valence-electron chi connectivity index (χ2n) is 5.20. The summed E-state index contributed by atoms with van der Waals surface area (Å²) in [7, 11) is 0. The average Bonchev–Trinajstić information content (AvgIpc) is 2.73. The van der Waals surface area contributed by atoms with Crippen molar-refractivity contribution in [3.05, 3.63) is 45.8 Å². The minimum absolute atomic E-state index is 0.0224. The van der Waals surface area contributed by atoms with Gasteiger partial charge in [-0.15, -0.1) is 0 Å². The lowest BCUT2D eigenvalue weighted by molar-refractivity contribution is -0.386. The predicted molar refractivity (Wildman–Crippen MR) is 84.3 cm³/mol. The van der Waals surface area contributed by atoms with E-state index in [4.69, 9.17) is 0 Å². The first-order valence-corrected chi connectivity index (χ1v) is 7.15. The van der Waals surface area contributed by atoms with Crippen molar-refractivity contribution in [1.82, 2.24) is 9.78 Å². The van der Waals surface area contributed by atoms with Crippen LogP contribution in [0.4, 0.5) is 11.4 Å². The normalized spacial score (nSPS) is 10.5. The van der Waals surface area contributed by atoms with E-state index in [0.29, 0.717) is 30.0 Å². The summed E-state index contributed by atoms with van der Waals surface area (Å²) in [5.74, 6) is -0.107. The molecule has 0 bridgehead atoms. The summed E-state index contributed by atoms with van der Waals surface area (Å²) >= 11 is 0. The number of carbonyl (C=O) groups is 1. The largest absolute Gasteiger partial charge is 0.508 e. The highest BCUT2D eigenvalue weighted by Crippen LogP contribution is 2.22. The topological polar surface area (TPSA) is 110 Å². The third-order valence-corrected chi connectivity index (χ3v) is 3.43. The van der Waals surface area contributed by atoms with Crippen LogP contribution in [0.25, 0.3) is 0 Å². The maximum atomic E-state index is 11.8. The Morgan fingerprint density at radius 2 is 2.17 bits per heavy atom. The molecule has 0 aliphatic heterocycles. The SMILES string of the molecule is Cc1nn(CCCC(=O)Nc2cccc(O)c2)c(C)c1[N+](=O)[O-]. The summed E-state index contributed by atoms with van der Waals surface area (Å²) < 4.78 is 1.55. The highest BCUT2D eigenvalue weighted by Gasteiger charge is 2.21. The van der Waals surface area contributed by atoms with Crippen LogP contribution in [0.5, 0.6) is 5.75 Å². The molecule has 2 rings (SSSR count). The lowest BCUT2D eigenvalue weighted by Gasteiger charge is -2.06. The summed E-state index contributed by atoms with van der Waals surface area (Å²) in [6.07, 6.45) is 0.756. The van der Waals surface area contributed by atoms with Crippen LogP contribution < -0.4 is 5.32 Å². The van der Waals surface area contributed by atoms with Crippen molar-refractivity contribution >= 4 is 17.3 Å². The maximum absolute atomic E-state index is 11.8. The molecule has 0 saturated carbocycles. The fourth-order valence-corrected chi connectivity index (χ4v) is 2.37. The van der Waals surface area contributed by atoms with Gasteiger partial charge in [0.15, 0.2) is 0 Å².